The van der Waals surface area contributed by atoms with Crippen molar-refractivity contribution >= 4 is 33.3 Å². The average molecular weight is 570 g/mol. The van der Waals surface area contributed by atoms with Crippen LogP contribution < -0.4 is 10.2 Å². The van der Waals surface area contributed by atoms with E-state index < -0.39 is 21.8 Å². The van der Waals surface area contributed by atoms with E-state index >= 15 is 0 Å². The van der Waals surface area contributed by atoms with Crippen LogP contribution in [0.1, 0.15) is 31.2 Å². The number of hydrogen-bond donors (Lipinski definition) is 1. The third-order valence-corrected chi connectivity index (χ3v) is 8.46. The van der Waals surface area contributed by atoms with Crippen LogP contribution in [-0.4, -0.2) is 70.7 Å². The number of nitrogens with zero attached hydrogens (tertiary/aromatic N) is 6. The van der Waals surface area contributed by atoms with Crippen molar-refractivity contribution in [1.29, 1.82) is 0 Å². The maximum absolute atomic E-state index is 13.8. The summed E-state index contributed by atoms with van der Waals surface area (Å²) < 4.78 is 68.0. The standard InChI is InChI=1S/C24H27ClF3N7O2S/c1-38(36,37)35-10-6-16(7-11-35)31-23-29-13-18(24(26,27)28)22(32-23)20-14-34(15-30-20)21-5-4-17(12-19(21)25)33-8-2-3-9-33/h4-5,12-16H,2-3,6-11H2,1H3,(H,29,31,32). The second kappa shape index (κ2) is 10.3. The van der Waals surface area contributed by atoms with Crippen LogP contribution in [0.3, 0.4) is 0 Å². The summed E-state index contributed by atoms with van der Waals surface area (Å²) in [7, 11) is -3.29. The first-order chi connectivity index (χ1) is 18.0. The van der Waals surface area contributed by atoms with Gasteiger partial charge in [0.05, 0.1) is 17.0 Å². The lowest BCUT2D eigenvalue weighted by molar-refractivity contribution is -0.137. The first kappa shape index (κ1) is 26.7. The maximum atomic E-state index is 13.8. The fourth-order valence-corrected chi connectivity index (χ4v) is 5.97. The normalized spacial score (nSPS) is 17.8. The maximum Gasteiger partial charge on any atom is 0.420 e. The molecule has 1 aromatic carbocycles. The summed E-state index contributed by atoms with van der Waals surface area (Å²) in [5.41, 5.74) is 0.258. The molecule has 5 rings (SSSR count). The zero-order valence-corrected chi connectivity index (χ0v) is 22.2. The van der Waals surface area contributed by atoms with Crippen LogP contribution in [0.15, 0.2) is 36.9 Å². The van der Waals surface area contributed by atoms with E-state index in [9.17, 15) is 21.6 Å². The molecule has 14 heteroatoms. The Morgan fingerprint density at radius 1 is 1.08 bits per heavy atom. The molecule has 2 aliphatic heterocycles. The minimum absolute atomic E-state index is 0.0216. The second-order valence-corrected chi connectivity index (χ2v) is 11.9. The third kappa shape index (κ3) is 5.74. The minimum atomic E-state index is -4.69. The number of aromatic nitrogens is 4. The highest BCUT2D eigenvalue weighted by molar-refractivity contribution is 7.88. The highest BCUT2D eigenvalue weighted by atomic mass is 35.5. The number of benzene rings is 1. The predicted octanol–water partition coefficient (Wildman–Crippen LogP) is 4.44. The van der Waals surface area contributed by atoms with Crippen molar-refractivity contribution < 1.29 is 21.6 Å². The summed E-state index contributed by atoms with van der Waals surface area (Å²) in [6, 6.07) is 5.44. The van der Waals surface area contributed by atoms with Crippen LogP contribution in [0.5, 0.6) is 0 Å². The zero-order valence-electron chi connectivity index (χ0n) is 20.6. The van der Waals surface area contributed by atoms with E-state index in [1.807, 2.05) is 18.2 Å². The predicted molar refractivity (Wildman–Crippen MR) is 139 cm³/mol. The van der Waals surface area contributed by atoms with Gasteiger partial charge in [0.1, 0.15) is 23.3 Å². The molecule has 0 bridgehead atoms. The van der Waals surface area contributed by atoms with Gasteiger partial charge in [-0.05, 0) is 43.9 Å². The first-order valence-corrected chi connectivity index (χ1v) is 14.5. The van der Waals surface area contributed by atoms with E-state index in [2.05, 4.69) is 25.2 Å². The molecular formula is C24H27ClF3N7O2S. The van der Waals surface area contributed by atoms with E-state index in [-0.39, 0.29) is 23.4 Å². The molecule has 0 unspecified atom stereocenters. The highest BCUT2D eigenvalue weighted by Gasteiger charge is 2.36. The molecule has 4 heterocycles. The Labute approximate surface area is 223 Å². The van der Waals surface area contributed by atoms with Crippen LogP contribution in [0, 0.1) is 0 Å². The number of rotatable bonds is 6. The molecule has 2 aromatic heterocycles. The molecule has 1 N–H and O–H groups in total. The number of piperidine rings is 1. The summed E-state index contributed by atoms with van der Waals surface area (Å²) in [4.78, 5) is 14.5. The Hall–Kier alpha value is -2.90. The van der Waals surface area contributed by atoms with E-state index in [4.69, 9.17) is 11.6 Å². The molecule has 0 aliphatic carbocycles. The van der Waals surface area contributed by atoms with Crippen molar-refractivity contribution in [3.05, 3.63) is 47.5 Å². The second-order valence-electron chi connectivity index (χ2n) is 9.53. The fourth-order valence-electron chi connectivity index (χ4n) is 4.82. The van der Waals surface area contributed by atoms with Crippen LogP contribution in [0.4, 0.5) is 24.8 Å². The Bertz CT molecular complexity index is 1420. The lowest BCUT2D eigenvalue weighted by Gasteiger charge is -2.30. The third-order valence-electron chi connectivity index (χ3n) is 6.86. The molecule has 2 aliphatic rings. The fraction of sp³-hybridized carbons (Fsp3) is 0.458. The number of alkyl halides is 3. The van der Waals surface area contributed by atoms with Crippen molar-refractivity contribution in [2.45, 2.75) is 37.9 Å². The molecule has 0 atom stereocenters. The van der Waals surface area contributed by atoms with Crippen molar-refractivity contribution in [2.75, 3.05) is 42.7 Å². The van der Waals surface area contributed by atoms with Gasteiger partial charge >= 0.3 is 6.18 Å². The molecule has 9 nitrogen and oxygen atoms in total. The van der Waals surface area contributed by atoms with Gasteiger partial charge in [0.2, 0.25) is 16.0 Å². The Morgan fingerprint density at radius 3 is 2.42 bits per heavy atom. The minimum Gasteiger partial charge on any atom is -0.371 e. The Morgan fingerprint density at radius 2 is 1.79 bits per heavy atom. The summed E-state index contributed by atoms with van der Waals surface area (Å²) in [5.74, 6) is 0.0216. The molecule has 2 fully saturated rings. The largest absolute Gasteiger partial charge is 0.420 e. The van der Waals surface area contributed by atoms with Gasteiger partial charge in [0, 0.05) is 50.3 Å². The molecule has 0 amide bonds. The van der Waals surface area contributed by atoms with Gasteiger partial charge < -0.3 is 14.8 Å². The van der Waals surface area contributed by atoms with Crippen molar-refractivity contribution in [2.24, 2.45) is 0 Å². The number of hydrogen-bond acceptors (Lipinski definition) is 7. The van der Waals surface area contributed by atoms with E-state index in [0.29, 0.717) is 36.6 Å². The van der Waals surface area contributed by atoms with Crippen LogP contribution in [0.25, 0.3) is 17.1 Å². The highest BCUT2D eigenvalue weighted by Crippen LogP contribution is 2.36. The quantitative estimate of drug-likeness (QED) is 0.469. The lowest BCUT2D eigenvalue weighted by atomic mass is 10.1. The number of imidazole rings is 1. The van der Waals surface area contributed by atoms with Gasteiger partial charge in [0.25, 0.3) is 0 Å². The van der Waals surface area contributed by atoms with Crippen molar-refractivity contribution in [1.82, 2.24) is 23.8 Å². The Kier molecular flexibility index (Phi) is 7.27. The summed E-state index contributed by atoms with van der Waals surface area (Å²) in [6.45, 7) is 2.55. The monoisotopic (exact) mass is 569 g/mol. The smallest absolute Gasteiger partial charge is 0.371 e. The molecule has 3 aromatic rings. The molecule has 0 radical (unpaired) electrons. The number of halogens is 4. The van der Waals surface area contributed by atoms with Crippen LogP contribution in [-0.2, 0) is 16.2 Å². The lowest BCUT2D eigenvalue weighted by Crippen LogP contribution is -2.42. The van der Waals surface area contributed by atoms with Gasteiger partial charge in [-0.3, -0.25) is 0 Å². The number of anilines is 2. The number of sulfonamides is 1. The molecule has 204 valence electrons. The number of nitrogens with one attached hydrogen (secondary N) is 1. The molecule has 38 heavy (non-hydrogen) atoms. The summed E-state index contributed by atoms with van der Waals surface area (Å²) in [5, 5.41) is 3.51. The van der Waals surface area contributed by atoms with Crippen molar-refractivity contribution in [3.63, 3.8) is 0 Å². The van der Waals surface area contributed by atoms with Crippen molar-refractivity contribution in [3.8, 4) is 17.1 Å². The molecular weight excluding hydrogens is 543 g/mol. The van der Waals surface area contributed by atoms with Gasteiger partial charge in [-0.25, -0.2) is 27.7 Å². The van der Waals surface area contributed by atoms with Crippen LogP contribution >= 0.6 is 11.6 Å². The average Bonchev–Trinajstić information content (AvgIpc) is 3.56. The topological polar surface area (TPSA) is 96.2 Å². The van der Waals surface area contributed by atoms with Gasteiger partial charge in [-0.2, -0.15) is 13.2 Å². The van der Waals surface area contributed by atoms with Gasteiger partial charge in [-0.15, -0.1) is 0 Å². The summed E-state index contributed by atoms with van der Waals surface area (Å²) >= 11 is 6.54. The SMILES string of the molecule is CS(=O)(=O)N1CCC(Nc2ncc(C(F)(F)F)c(-c3cn(-c4ccc(N5CCCC5)cc4Cl)cn3)n2)CC1. The van der Waals surface area contributed by atoms with Crippen LogP contribution in [0.2, 0.25) is 5.02 Å². The van der Waals surface area contributed by atoms with Gasteiger partial charge in [0.15, 0.2) is 0 Å². The van der Waals surface area contributed by atoms with E-state index in [0.717, 1.165) is 44.1 Å². The molecule has 2 saturated heterocycles. The summed E-state index contributed by atoms with van der Waals surface area (Å²) in [6.07, 6.45) is 3.29. The Balaban J connectivity index is 1.40. The van der Waals surface area contributed by atoms with E-state index in [1.165, 1.54) is 16.8 Å². The van der Waals surface area contributed by atoms with Gasteiger partial charge in [-0.1, -0.05) is 11.6 Å². The van der Waals surface area contributed by atoms with E-state index in [1.54, 1.807) is 4.57 Å². The first-order valence-electron chi connectivity index (χ1n) is 12.2. The molecule has 0 saturated carbocycles. The molecule has 0 spiro atoms. The zero-order chi connectivity index (χ0) is 27.1.